The van der Waals surface area contributed by atoms with Crippen LogP contribution in [-0.2, 0) is 20.0 Å². The Morgan fingerprint density at radius 3 is 2.60 bits per heavy atom. The molecule has 134 valence electrons. The number of primary sulfonamides is 1. The number of anilines is 1. The molecular weight excluding hydrogens is 390 g/mol. The number of sulfonamides is 2. The number of aromatic nitrogens is 1. The number of benzene rings is 1. The van der Waals surface area contributed by atoms with Gasteiger partial charge >= 0.3 is 0 Å². The fourth-order valence-corrected chi connectivity index (χ4v) is 3.60. The number of pyridine rings is 1. The molecule has 1 heterocycles. The molecule has 0 unspecified atom stereocenters. The van der Waals surface area contributed by atoms with Crippen LogP contribution in [0, 0.1) is 0 Å². The van der Waals surface area contributed by atoms with Crippen molar-refractivity contribution in [1.82, 2.24) is 4.98 Å². The molecule has 0 radical (unpaired) electrons. The Balaban J connectivity index is 2.33. The van der Waals surface area contributed by atoms with E-state index in [0.29, 0.717) is 16.3 Å². The highest BCUT2D eigenvalue weighted by Gasteiger charge is 2.17. The van der Waals surface area contributed by atoms with E-state index in [1.807, 2.05) is 0 Å². The number of nitrogens with two attached hydrogens (primary N) is 1. The predicted molar refractivity (Wildman–Crippen MR) is 95.2 cm³/mol. The van der Waals surface area contributed by atoms with E-state index in [-0.39, 0.29) is 5.69 Å². The highest BCUT2D eigenvalue weighted by Crippen LogP contribution is 2.25. The van der Waals surface area contributed by atoms with Crippen LogP contribution in [0.4, 0.5) is 5.69 Å². The summed E-state index contributed by atoms with van der Waals surface area (Å²) in [7, 11) is -6.73. The predicted octanol–water partition coefficient (Wildman–Crippen LogP) is 1.80. The Morgan fingerprint density at radius 2 is 1.96 bits per heavy atom. The SMILES string of the molecule is COc1cc(Cl)ccc1C=CS(=O)(=O)Nc1ccncc1S(N)(=O)=O. The van der Waals surface area contributed by atoms with Crippen molar-refractivity contribution in [2.45, 2.75) is 4.90 Å². The minimum Gasteiger partial charge on any atom is -0.496 e. The van der Waals surface area contributed by atoms with Crippen LogP contribution in [0.15, 0.2) is 47.0 Å². The summed E-state index contributed by atoms with van der Waals surface area (Å²) in [5.74, 6) is 0.382. The molecule has 0 saturated heterocycles. The fraction of sp³-hybridized carbons (Fsp3) is 0.0714. The van der Waals surface area contributed by atoms with Crippen LogP contribution < -0.4 is 14.6 Å². The molecule has 2 aromatic rings. The summed E-state index contributed by atoms with van der Waals surface area (Å²) in [6.45, 7) is 0. The molecule has 0 fully saturated rings. The molecule has 11 heteroatoms. The lowest BCUT2D eigenvalue weighted by Gasteiger charge is -2.09. The van der Waals surface area contributed by atoms with Crippen molar-refractivity contribution in [3.8, 4) is 5.75 Å². The standard InChI is InChI=1S/C14H14ClN3O5S2/c1-23-13-8-11(15)3-2-10(13)5-7-24(19,20)18-12-4-6-17-9-14(12)25(16,21)22/h2-9H,1H3,(H,17,18)(H2,16,21,22). The Kier molecular flexibility index (Phi) is 5.68. The number of nitrogens with zero attached hydrogens (tertiary/aromatic N) is 1. The van der Waals surface area contributed by atoms with Crippen molar-refractivity contribution >= 4 is 43.4 Å². The Hall–Kier alpha value is -2.14. The molecule has 8 nitrogen and oxygen atoms in total. The van der Waals surface area contributed by atoms with E-state index in [2.05, 4.69) is 9.71 Å². The largest absolute Gasteiger partial charge is 0.496 e. The van der Waals surface area contributed by atoms with Gasteiger partial charge in [-0.1, -0.05) is 11.6 Å². The van der Waals surface area contributed by atoms with Crippen LogP contribution in [-0.4, -0.2) is 28.9 Å². The Labute approximate surface area is 150 Å². The summed E-state index contributed by atoms with van der Waals surface area (Å²) in [6, 6.07) is 5.87. The molecule has 0 atom stereocenters. The molecule has 0 spiro atoms. The molecule has 3 N–H and O–H groups in total. The van der Waals surface area contributed by atoms with E-state index in [1.165, 1.54) is 31.5 Å². The van der Waals surface area contributed by atoms with E-state index in [9.17, 15) is 16.8 Å². The van der Waals surface area contributed by atoms with Gasteiger partial charge in [0.2, 0.25) is 10.0 Å². The van der Waals surface area contributed by atoms with Gasteiger partial charge in [0.15, 0.2) is 0 Å². The van der Waals surface area contributed by atoms with E-state index >= 15 is 0 Å². The zero-order valence-corrected chi connectivity index (χ0v) is 15.3. The quantitative estimate of drug-likeness (QED) is 0.756. The number of ether oxygens (including phenoxy) is 1. The summed E-state index contributed by atoms with van der Waals surface area (Å²) < 4.78 is 54.6. The molecule has 25 heavy (non-hydrogen) atoms. The van der Waals surface area contributed by atoms with Crippen molar-refractivity contribution in [3.05, 3.63) is 52.7 Å². The van der Waals surface area contributed by atoms with Gasteiger partial charge in [-0.25, -0.2) is 22.0 Å². The van der Waals surface area contributed by atoms with Gasteiger partial charge in [0.05, 0.1) is 18.2 Å². The summed E-state index contributed by atoms with van der Waals surface area (Å²) in [5, 5.41) is 6.35. The maximum atomic E-state index is 12.2. The normalized spacial score (nSPS) is 12.3. The van der Waals surface area contributed by atoms with E-state index in [0.717, 1.165) is 11.6 Å². The van der Waals surface area contributed by atoms with Gasteiger partial charge in [-0.3, -0.25) is 9.71 Å². The first kappa shape index (κ1) is 19.2. The zero-order chi connectivity index (χ0) is 18.7. The highest BCUT2D eigenvalue weighted by molar-refractivity contribution is 7.95. The average Bonchev–Trinajstić information content (AvgIpc) is 2.52. The van der Waals surface area contributed by atoms with Crippen LogP contribution in [0.2, 0.25) is 5.02 Å². The molecule has 1 aromatic heterocycles. The molecule has 1 aromatic carbocycles. The number of halogens is 1. The second-order valence-corrected chi connectivity index (χ2v) is 8.29. The van der Waals surface area contributed by atoms with Gasteiger partial charge in [-0.05, 0) is 30.3 Å². The maximum absolute atomic E-state index is 12.2. The third kappa shape index (κ3) is 5.16. The lowest BCUT2D eigenvalue weighted by atomic mass is 10.2. The molecule has 0 aliphatic heterocycles. The maximum Gasteiger partial charge on any atom is 0.255 e. The molecule has 2 rings (SSSR count). The first-order valence-electron chi connectivity index (χ1n) is 6.63. The minimum atomic E-state index is -4.14. The monoisotopic (exact) mass is 403 g/mol. The average molecular weight is 404 g/mol. The van der Waals surface area contributed by atoms with E-state index in [1.54, 1.807) is 12.1 Å². The second kappa shape index (κ2) is 7.40. The topological polar surface area (TPSA) is 128 Å². The van der Waals surface area contributed by atoms with Crippen LogP contribution >= 0.6 is 11.6 Å². The van der Waals surface area contributed by atoms with E-state index < -0.39 is 24.9 Å². The van der Waals surface area contributed by atoms with Crippen molar-refractivity contribution in [3.63, 3.8) is 0 Å². The smallest absolute Gasteiger partial charge is 0.255 e. The van der Waals surface area contributed by atoms with Crippen molar-refractivity contribution in [2.24, 2.45) is 5.14 Å². The van der Waals surface area contributed by atoms with Gasteiger partial charge in [0, 0.05) is 23.0 Å². The Bertz CT molecular complexity index is 1020. The molecular formula is C14H14ClN3O5S2. The Morgan fingerprint density at radius 1 is 1.24 bits per heavy atom. The molecule has 0 aliphatic carbocycles. The first-order valence-corrected chi connectivity index (χ1v) is 10.1. The fourth-order valence-electron chi connectivity index (χ4n) is 1.86. The van der Waals surface area contributed by atoms with Gasteiger partial charge in [-0.15, -0.1) is 0 Å². The summed E-state index contributed by atoms with van der Waals surface area (Å²) in [4.78, 5) is 3.19. The lowest BCUT2D eigenvalue weighted by molar-refractivity contribution is 0.414. The molecule has 0 bridgehead atoms. The van der Waals surface area contributed by atoms with Crippen molar-refractivity contribution in [1.29, 1.82) is 0 Å². The van der Waals surface area contributed by atoms with Gasteiger partial charge in [-0.2, -0.15) is 0 Å². The van der Waals surface area contributed by atoms with Gasteiger partial charge in [0.25, 0.3) is 10.0 Å². The number of hydrogen-bond donors (Lipinski definition) is 2. The van der Waals surface area contributed by atoms with Crippen LogP contribution in [0.25, 0.3) is 6.08 Å². The summed E-state index contributed by atoms with van der Waals surface area (Å²) in [5.41, 5.74) is 0.267. The van der Waals surface area contributed by atoms with Crippen LogP contribution in [0.5, 0.6) is 5.75 Å². The third-order valence-corrected chi connectivity index (χ3v) is 5.14. The number of rotatable bonds is 6. The molecule has 0 amide bonds. The first-order chi connectivity index (χ1) is 11.6. The van der Waals surface area contributed by atoms with Crippen molar-refractivity contribution < 1.29 is 21.6 Å². The molecule has 0 saturated carbocycles. The van der Waals surface area contributed by atoms with Crippen LogP contribution in [0.1, 0.15) is 5.56 Å². The number of nitrogens with one attached hydrogen (secondary N) is 1. The minimum absolute atomic E-state index is 0.203. The second-order valence-electron chi connectivity index (χ2n) is 4.75. The number of methoxy groups -OCH3 is 1. The molecule has 0 aliphatic rings. The van der Waals surface area contributed by atoms with Crippen LogP contribution in [0.3, 0.4) is 0 Å². The highest BCUT2D eigenvalue weighted by atomic mass is 35.5. The number of hydrogen-bond acceptors (Lipinski definition) is 6. The third-order valence-electron chi connectivity index (χ3n) is 2.97. The zero-order valence-electron chi connectivity index (χ0n) is 12.9. The van der Waals surface area contributed by atoms with Crippen molar-refractivity contribution in [2.75, 3.05) is 11.8 Å². The lowest BCUT2D eigenvalue weighted by Crippen LogP contribution is -2.17. The summed E-state index contributed by atoms with van der Waals surface area (Å²) in [6.07, 6.45) is 3.48. The summed E-state index contributed by atoms with van der Waals surface area (Å²) >= 11 is 5.84. The van der Waals surface area contributed by atoms with Gasteiger partial charge in [0.1, 0.15) is 10.6 Å². The van der Waals surface area contributed by atoms with Gasteiger partial charge < -0.3 is 4.74 Å². The van der Waals surface area contributed by atoms with E-state index in [4.69, 9.17) is 21.5 Å².